The molecule has 3 fully saturated rings. The van der Waals surface area contributed by atoms with E-state index in [0.717, 1.165) is 77.7 Å². The quantitative estimate of drug-likeness (QED) is 0.681. The van der Waals surface area contributed by atoms with Crippen molar-refractivity contribution in [3.8, 4) is 0 Å². The Morgan fingerprint density at radius 2 is 1.73 bits per heavy atom. The van der Waals surface area contributed by atoms with Gasteiger partial charge >= 0.3 is 0 Å². The lowest BCUT2D eigenvalue weighted by Gasteiger charge is -2.41. The smallest absolute Gasteiger partial charge is 0.244 e. The molecule has 168 valence electrons. The highest BCUT2D eigenvalue weighted by molar-refractivity contribution is 5.76. The summed E-state index contributed by atoms with van der Waals surface area (Å²) in [5.74, 6) is 1.59. The van der Waals surface area contributed by atoms with Gasteiger partial charge in [0.2, 0.25) is 5.91 Å². The van der Waals surface area contributed by atoms with Crippen molar-refractivity contribution >= 4 is 5.91 Å². The third-order valence-electron chi connectivity index (χ3n) is 7.15. The number of amides is 1. The molecule has 0 bridgehead atoms. The molecule has 1 unspecified atom stereocenters. The summed E-state index contributed by atoms with van der Waals surface area (Å²) in [6, 6.07) is 0.561. The molecule has 3 aliphatic rings. The standard InChI is InChI=1S/C21H37N7O2/c1-18(26-12-14-30-15-13-26)19-6-10-27(11-7-19)21(29)17-28-20(22-23-24-28)16-25-8-4-2-3-5-9-25/h18-19H,2-17H2,1H3. The first kappa shape index (κ1) is 21.6. The maximum atomic E-state index is 12.9. The lowest BCUT2D eigenvalue weighted by Crippen LogP contribution is -2.49. The summed E-state index contributed by atoms with van der Waals surface area (Å²) in [6.45, 7) is 10.9. The van der Waals surface area contributed by atoms with E-state index in [1.807, 2.05) is 4.90 Å². The zero-order valence-corrected chi connectivity index (χ0v) is 18.4. The summed E-state index contributed by atoms with van der Waals surface area (Å²) in [5.41, 5.74) is 0. The molecule has 3 aliphatic heterocycles. The number of nitrogens with zero attached hydrogens (tertiary/aromatic N) is 7. The fourth-order valence-electron chi connectivity index (χ4n) is 5.10. The van der Waals surface area contributed by atoms with Crippen LogP contribution in [0.4, 0.5) is 0 Å². The van der Waals surface area contributed by atoms with E-state index in [1.165, 1.54) is 25.7 Å². The molecule has 30 heavy (non-hydrogen) atoms. The third kappa shape index (κ3) is 5.56. The maximum Gasteiger partial charge on any atom is 0.244 e. The lowest BCUT2D eigenvalue weighted by molar-refractivity contribution is -0.134. The van der Waals surface area contributed by atoms with Gasteiger partial charge in [-0.3, -0.25) is 14.6 Å². The number of likely N-dealkylation sites (tertiary alicyclic amines) is 2. The first-order valence-electron chi connectivity index (χ1n) is 11.8. The van der Waals surface area contributed by atoms with Gasteiger partial charge in [-0.05, 0) is 62.0 Å². The number of hydrogen-bond donors (Lipinski definition) is 0. The van der Waals surface area contributed by atoms with Crippen LogP contribution in [0.2, 0.25) is 0 Å². The minimum atomic E-state index is 0.136. The van der Waals surface area contributed by atoms with Crippen molar-refractivity contribution in [1.82, 2.24) is 34.9 Å². The van der Waals surface area contributed by atoms with Crippen LogP contribution in [0, 0.1) is 5.92 Å². The molecule has 0 radical (unpaired) electrons. The predicted molar refractivity (Wildman–Crippen MR) is 113 cm³/mol. The second kappa shape index (κ2) is 10.6. The van der Waals surface area contributed by atoms with E-state index in [0.29, 0.717) is 12.0 Å². The highest BCUT2D eigenvalue weighted by Crippen LogP contribution is 2.25. The van der Waals surface area contributed by atoms with Gasteiger partial charge in [0.1, 0.15) is 6.54 Å². The van der Waals surface area contributed by atoms with Gasteiger partial charge in [0, 0.05) is 32.2 Å². The summed E-state index contributed by atoms with van der Waals surface area (Å²) in [7, 11) is 0. The number of rotatable bonds is 6. The number of carbonyl (C=O) groups is 1. The van der Waals surface area contributed by atoms with Gasteiger partial charge in [-0.25, -0.2) is 4.68 Å². The maximum absolute atomic E-state index is 12.9. The van der Waals surface area contributed by atoms with Crippen molar-refractivity contribution in [3.63, 3.8) is 0 Å². The van der Waals surface area contributed by atoms with E-state index in [2.05, 4.69) is 32.2 Å². The molecule has 0 aromatic carbocycles. The Hall–Kier alpha value is -1.58. The number of ether oxygens (including phenoxy) is 1. The Labute approximate surface area is 179 Å². The molecule has 1 aromatic heterocycles. The second-order valence-electron chi connectivity index (χ2n) is 9.05. The summed E-state index contributed by atoms with van der Waals surface area (Å²) in [4.78, 5) is 19.9. The molecule has 0 aliphatic carbocycles. The van der Waals surface area contributed by atoms with Gasteiger partial charge in [0.15, 0.2) is 5.82 Å². The predicted octanol–water partition coefficient (Wildman–Crippen LogP) is 1.01. The van der Waals surface area contributed by atoms with E-state index in [1.54, 1.807) is 4.68 Å². The summed E-state index contributed by atoms with van der Waals surface area (Å²) in [6.07, 6.45) is 7.22. The van der Waals surface area contributed by atoms with Crippen LogP contribution >= 0.6 is 0 Å². The van der Waals surface area contributed by atoms with Gasteiger partial charge in [0.25, 0.3) is 0 Å². The van der Waals surface area contributed by atoms with Gasteiger partial charge < -0.3 is 9.64 Å². The average molecular weight is 420 g/mol. The molecular formula is C21H37N7O2. The molecular weight excluding hydrogens is 382 g/mol. The molecule has 0 saturated carbocycles. The Morgan fingerprint density at radius 3 is 2.43 bits per heavy atom. The minimum Gasteiger partial charge on any atom is -0.379 e. The number of hydrogen-bond acceptors (Lipinski definition) is 7. The number of piperidine rings is 1. The molecule has 9 heteroatoms. The Kier molecular flexibility index (Phi) is 7.67. The number of tetrazole rings is 1. The fourth-order valence-corrected chi connectivity index (χ4v) is 5.10. The number of carbonyl (C=O) groups excluding carboxylic acids is 1. The summed E-state index contributed by atoms with van der Waals surface area (Å²) >= 11 is 0. The van der Waals surface area contributed by atoms with E-state index >= 15 is 0 Å². The monoisotopic (exact) mass is 419 g/mol. The van der Waals surface area contributed by atoms with Crippen LogP contribution < -0.4 is 0 Å². The van der Waals surface area contributed by atoms with E-state index in [4.69, 9.17) is 4.74 Å². The van der Waals surface area contributed by atoms with Gasteiger partial charge in [0.05, 0.1) is 19.8 Å². The van der Waals surface area contributed by atoms with Crippen LogP contribution in [0.5, 0.6) is 0 Å². The molecule has 0 N–H and O–H groups in total. The molecule has 1 atom stereocenters. The second-order valence-corrected chi connectivity index (χ2v) is 9.05. The Balaban J connectivity index is 1.25. The number of morpholine rings is 1. The van der Waals surface area contributed by atoms with Gasteiger partial charge in [-0.1, -0.05) is 12.8 Å². The first-order chi connectivity index (χ1) is 14.7. The van der Waals surface area contributed by atoms with Crippen LogP contribution in [-0.4, -0.2) is 99.3 Å². The van der Waals surface area contributed by atoms with Gasteiger partial charge in [-0.15, -0.1) is 5.10 Å². The fraction of sp³-hybridized carbons (Fsp3) is 0.905. The molecule has 4 heterocycles. The van der Waals surface area contributed by atoms with Gasteiger partial charge in [-0.2, -0.15) is 0 Å². The molecule has 3 saturated heterocycles. The molecule has 9 nitrogen and oxygen atoms in total. The van der Waals surface area contributed by atoms with Crippen LogP contribution in [-0.2, 0) is 22.6 Å². The summed E-state index contributed by atoms with van der Waals surface area (Å²) in [5, 5.41) is 12.2. The van der Waals surface area contributed by atoms with Crippen LogP contribution in [0.15, 0.2) is 0 Å². The topological polar surface area (TPSA) is 79.6 Å². The van der Waals surface area contributed by atoms with Crippen molar-refractivity contribution < 1.29 is 9.53 Å². The molecule has 1 aromatic rings. The van der Waals surface area contributed by atoms with E-state index < -0.39 is 0 Å². The lowest BCUT2D eigenvalue weighted by atomic mass is 9.89. The van der Waals surface area contributed by atoms with Crippen molar-refractivity contribution in [1.29, 1.82) is 0 Å². The number of aromatic nitrogens is 4. The Bertz CT molecular complexity index is 660. The Morgan fingerprint density at radius 1 is 1.03 bits per heavy atom. The van der Waals surface area contributed by atoms with Crippen LogP contribution in [0.1, 0.15) is 51.3 Å². The van der Waals surface area contributed by atoms with Crippen molar-refractivity contribution in [2.24, 2.45) is 5.92 Å². The zero-order valence-electron chi connectivity index (χ0n) is 18.4. The normalized spacial score (nSPS) is 24.0. The highest BCUT2D eigenvalue weighted by atomic mass is 16.5. The SMILES string of the molecule is CC(C1CCN(C(=O)Cn2nnnc2CN2CCCCCC2)CC1)N1CCOCC1. The molecule has 1 amide bonds. The van der Waals surface area contributed by atoms with E-state index in [9.17, 15) is 4.79 Å². The highest BCUT2D eigenvalue weighted by Gasteiger charge is 2.30. The molecule has 4 rings (SSSR count). The molecule has 0 spiro atoms. The van der Waals surface area contributed by atoms with Crippen molar-refractivity contribution in [3.05, 3.63) is 5.82 Å². The van der Waals surface area contributed by atoms with Crippen LogP contribution in [0.3, 0.4) is 0 Å². The average Bonchev–Trinajstić information content (AvgIpc) is 3.05. The zero-order chi connectivity index (χ0) is 20.8. The minimum absolute atomic E-state index is 0.136. The first-order valence-corrected chi connectivity index (χ1v) is 11.8. The van der Waals surface area contributed by atoms with Crippen molar-refractivity contribution in [2.75, 3.05) is 52.5 Å². The van der Waals surface area contributed by atoms with Crippen molar-refractivity contribution in [2.45, 2.75) is 64.6 Å². The van der Waals surface area contributed by atoms with E-state index in [-0.39, 0.29) is 12.5 Å². The summed E-state index contributed by atoms with van der Waals surface area (Å²) < 4.78 is 7.19. The largest absolute Gasteiger partial charge is 0.379 e. The van der Waals surface area contributed by atoms with Crippen LogP contribution in [0.25, 0.3) is 0 Å². The third-order valence-corrected chi connectivity index (χ3v) is 7.15.